The highest BCUT2D eigenvalue weighted by atomic mass is 16.6. The number of nitriles is 1. The van der Waals surface area contributed by atoms with Gasteiger partial charge in [0.25, 0.3) is 0 Å². The molecule has 1 aromatic heterocycles. The Bertz CT molecular complexity index is 1080. The van der Waals surface area contributed by atoms with E-state index in [1.54, 1.807) is 18.0 Å². The van der Waals surface area contributed by atoms with Gasteiger partial charge in [-0.05, 0) is 30.3 Å². The lowest BCUT2D eigenvalue weighted by Crippen LogP contribution is -2.11. The molecular weight excluding hydrogens is 382 g/mol. The summed E-state index contributed by atoms with van der Waals surface area (Å²) in [6.07, 6.45) is 3.24. The van der Waals surface area contributed by atoms with Crippen molar-refractivity contribution in [3.05, 3.63) is 71.9 Å². The van der Waals surface area contributed by atoms with Gasteiger partial charge in [-0.25, -0.2) is 9.48 Å². The minimum atomic E-state index is -0.715. The molecule has 7 heteroatoms. The highest BCUT2D eigenvalue weighted by Crippen LogP contribution is 2.32. The maximum atomic E-state index is 12.3. The lowest BCUT2D eigenvalue weighted by molar-refractivity contribution is -0.139. The van der Waals surface area contributed by atoms with Crippen LogP contribution in [-0.2, 0) is 14.3 Å². The Morgan fingerprint density at radius 3 is 2.53 bits per heavy atom. The van der Waals surface area contributed by atoms with Gasteiger partial charge in [-0.2, -0.15) is 10.4 Å². The lowest BCUT2D eigenvalue weighted by atomic mass is 10.1. The van der Waals surface area contributed by atoms with Gasteiger partial charge >= 0.3 is 5.97 Å². The van der Waals surface area contributed by atoms with E-state index in [1.165, 1.54) is 13.2 Å². The van der Waals surface area contributed by atoms with Gasteiger partial charge in [0, 0.05) is 24.4 Å². The average Bonchev–Trinajstić information content (AvgIpc) is 3.21. The van der Waals surface area contributed by atoms with Crippen LogP contribution in [0, 0.1) is 11.3 Å². The third-order valence-corrected chi connectivity index (χ3v) is 4.29. The average molecular weight is 403 g/mol. The van der Waals surface area contributed by atoms with Crippen molar-refractivity contribution in [1.29, 1.82) is 5.26 Å². The number of nitrogens with zero attached hydrogens (tertiary/aromatic N) is 3. The van der Waals surface area contributed by atoms with E-state index in [4.69, 9.17) is 19.3 Å². The zero-order chi connectivity index (χ0) is 21.3. The molecule has 3 rings (SSSR count). The predicted molar refractivity (Wildman–Crippen MR) is 112 cm³/mol. The molecule has 0 atom stereocenters. The van der Waals surface area contributed by atoms with E-state index < -0.39 is 5.97 Å². The second-order valence-electron chi connectivity index (χ2n) is 6.21. The molecular formula is C23H21N3O4. The van der Waals surface area contributed by atoms with Gasteiger partial charge in [0.1, 0.15) is 29.7 Å². The zero-order valence-corrected chi connectivity index (χ0v) is 16.7. The molecule has 0 saturated heterocycles. The molecule has 0 saturated carbocycles. The molecule has 30 heavy (non-hydrogen) atoms. The SMILES string of the molecule is COCCOC(=O)/C(C#N)=C/c1cn(-c2ccccc2)nc1-c1ccccc1OC. The van der Waals surface area contributed by atoms with Gasteiger partial charge in [-0.15, -0.1) is 0 Å². The van der Waals surface area contributed by atoms with Crippen LogP contribution >= 0.6 is 0 Å². The monoisotopic (exact) mass is 403 g/mol. The molecule has 152 valence electrons. The fourth-order valence-electron chi connectivity index (χ4n) is 2.84. The van der Waals surface area contributed by atoms with Crippen molar-refractivity contribution in [3.8, 4) is 28.8 Å². The maximum Gasteiger partial charge on any atom is 0.348 e. The second kappa shape index (κ2) is 10.0. The summed E-state index contributed by atoms with van der Waals surface area (Å²) in [7, 11) is 3.09. The van der Waals surface area contributed by atoms with Gasteiger partial charge in [0.05, 0.1) is 19.4 Å². The predicted octanol–water partition coefficient (Wildman–Crippen LogP) is 3.64. The molecule has 0 radical (unpaired) electrons. The molecule has 0 fully saturated rings. The first-order valence-corrected chi connectivity index (χ1v) is 9.24. The number of methoxy groups -OCH3 is 2. The van der Waals surface area contributed by atoms with Crippen LogP contribution < -0.4 is 4.74 Å². The van der Waals surface area contributed by atoms with Crippen LogP contribution in [0.15, 0.2) is 66.4 Å². The Hall–Kier alpha value is -3.89. The van der Waals surface area contributed by atoms with Crippen molar-refractivity contribution in [2.75, 3.05) is 27.4 Å². The van der Waals surface area contributed by atoms with Gasteiger partial charge < -0.3 is 14.2 Å². The fourth-order valence-corrected chi connectivity index (χ4v) is 2.84. The lowest BCUT2D eigenvalue weighted by Gasteiger charge is -2.07. The van der Waals surface area contributed by atoms with E-state index in [9.17, 15) is 10.1 Å². The summed E-state index contributed by atoms with van der Waals surface area (Å²) >= 11 is 0. The Morgan fingerprint density at radius 2 is 1.83 bits per heavy atom. The van der Waals surface area contributed by atoms with Crippen LogP contribution in [-0.4, -0.2) is 43.2 Å². The Kier molecular flexibility index (Phi) is 6.98. The Labute approximate surface area is 174 Å². The fraction of sp³-hybridized carbons (Fsp3) is 0.174. The smallest absolute Gasteiger partial charge is 0.348 e. The normalized spacial score (nSPS) is 11.0. The summed E-state index contributed by atoms with van der Waals surface area (Å²) in [6, 6.07) is 18.9. The topological polar surface area (TPSA) is 86.4 Å². The Morgan fingerprint density at radius 1 is 1.10 bits per heavy atom. The maximum absolute atomic E-state index is 12.3. The van der Waals surface area contributed by atoms with E-state index in [2.05, 4.69) is 0 Å². The minimum absolute atomic E-state index is 0.0665. The number of ether oxygens (including phenoxy) is 3. The number of hydrogen-bond donors (Lipinski definition) is 0. The number of aromatic nitrogens is 2. The van der Waals surface area contributed by atoms with Crippen LogP contribution in [0.4, 0.5) is 0 Å². The number of rotatable bonds is 8. The number of esters is 1. The quantitative estimate of drug-likeness (QED) is 0.247. The molecule has 0 unspecified atom stereocenters. The summed E-state index contributed by atoms with van der Waals surface area (Å²) in [5.41, 5.74) is 2.62. The summed E-state index contributed by atoms with van der Waals surface area (Å²) < 4.78 is 17.1. The molecule has 7 nitrogen and oxygen atoms in total. The number of hydrogen-bond acceptors (Lipinski definition) is 6. The molecule has 2 aromatic carbocycles. The molecule has 0 aliphatic carbocycles. The molecule has 0 aliphatic heterocycles. The van der Waals surface area contributed by atoms with Gasteiger partial charge in [-0.1, -0.05) is 30.3 Å². The van der Waals surface area contributed by atoms with E-state index >= 15 is 0 Å². The largest absolute Gasteiger partial charge is 0.496 e. The van der Waals surface area contributed by atoms with Crippen molar-refractivity contribution in [2.45, 2.75) is 0 Å². The van der Waals surface area contributed by atoms with E-state index in [0.717, 1.165) is 11.3 Å². The number of para-hydroxylation sites is 2. The Balaban J connectivity index is 2.09. The first-order chi connectivity index (χ1) is 14.7. The molecule has 0 spiro atoms. The zero-order valence-electron chi connectivity index (χ0n) is 16.7. The van der Waals surface area contributed by atoms with E-state index in [0.29, 0.717) is 17.0 Å². The van der Waals surface area contributed by atoms with Crippen LogP contribution in [0.25, 0.3) is 23.0 Å². The van der Waals surface area contributed by atoms with Crippen LogP contribution in [0.3, 0.4) is 0 Å². The van der Waals surface area contributed by atoms with Crippen molar-refractivity contribution in [3.63, 3.8) is 0 Å². The van der Waals surface area contributed by atoms with Crippen LogP contribution in [0.1, 0.15) is 5.56 Å². The number of carbonyl (C=O) groups is 1. The molecule has 0 N–H and O–H groups in total. The van der Waals surface area contributed by atoms with Crippen molar-refractivity contribution < 1.29 is 19.0 Å². The molecule has 0 bridgehead atoms. The van der Waals surface area contributed by atoms with Crippen molar-refractivity contribution >= 4 is 12.0 Å². The summed E-state index contributed by atoms with van der Waals surface area (Å²) in [4.78, 5) is 12.3. The third-order valence-electron chi connectivity index (χ3n) is 4.29. The van der Waals surface area contributed by atoms with Crippen LogP contribution in [0.5, 0.6) is 5.75 Å². The number of benzene rings is 2. The van der Waals surface area contributed by atoms with E-state index in [1.807, 2.05) is 60.7 Å². The summed E-state index contributed by atoms with van der Waals surface area (Å²) in [5.74, 6) is -0.0837. The molecule has 0 amide bonds. The molecule has 0 aliphatic rings. The standard InChI is InChI=1S/C23H21N3O4/c1-28-12-13-30-23(27)17(15-24)14-18-16-26(19-8-4-3-5-9-19)25-22(18)20-10-6-7-11-21(20)29-2/h3-11,14,16H,12-13H2,1-2H3/b17-14+. The van der Waals surface area contributed by atoms with Gasteiger partial charge in [0.2, 0.25) is 0 Å². The molecule has 3 aromatic rings. The number of carbonyl (C=O) groups excluding carboxylic acids is 1. The summed E-state index contributed by atoms with van der Waals surface area (Å²) in [5, 5.41) is 14.2. The second-order valence-corrected chi connectivity index (χ2v) is 6.21. The first-order valence-electron chi connectivity index (χ1n) is 9.24. The minimum Gasteiger partial charge on any atom is -0.496 e. The third kappa shape index (κ3) is 4.74. The van der Waals surface area contributed by atoms with Gasteiger partial charge in [0.15, 0.2) is 0 Å². The highest BCUT2D eigenvalue weighted by molar-refractivity contribution is 5.99. The first kappa shape index (κ1) is 20.8. The highest BCUT2D eigenvalue weighted by Gasteiger charge is 2.18. The van der Waals surface area contributed by atoms with Crippen LogP contribution in [0.2, 0.25) is 0 Å². The van der Waals surface area contributed by atoms with E-state index in [-0.39, 0.29) is 18.8 Å². The molecule has 1 heterocycles. The summed E-state index contributed by atoms with van der Waals surface area (Å²) in [6.45, 7) is 0.319. The van der Waals surface area contributed by atoms with Gasteiger partial charge in [-0.3, -0.25) is 0 Å². The van der Waals surface area contributed by atoms with Crippen molar-refractivity contribution in [2.24, 2.45) is 0 Å². The van der Waals surface area contributed by atoms with Crippen molar-refractivity contribution in [1.82, 2.24) is 9.78 Å².